The van der Waals surface area contributed by atoms with Crippen LogP contribution < -0.4 is 0 Å². The smallest absolute Gasteiger partial charge is 0.303 e. The largest absolute Gasteiger partial charge is 0.481 e. The number of carboxylic acids is 2. The van der Waals surface area contributed by atoms with Crippen LogP contribution in [0.2, 0.25) is 0 Å². The topological polar surface area (TPSA) is 129 Å². The third kappa shape index (κ3) is 6.02. The first kappa shape index (κ1) is 19.8. The highest BCUT2D eigenvalue weighted by molar-refractivity contribution is 6.39. The average Bonchev–Trinajstić information content (AvgIpc) is 2.42. The van der Waals surface area contributed by atoms with Crippen LogP contribution in [0.4, 0.5) is 0 Å². The summed E-state index contributed by atoms with van der Waals surface area (Å²) in [6.07, 6.45) is -1.50. The number of Topliss-reactive ketones (excluding diaryl/α,β-unsaturated/α-hetero) is 1. The van der Waals surface area contributed by atoms with Crippen molar-refractivity contribution in [2.75, 3.05) is 0 Å². The molecule has 0 aliphatic heterocycles. The number of nitrogens with zero attached hydrogens (tertiary/aromatic N) is 1. The van der Waals surface area contributed by atoms with Gasteiger partial charge in [0.25, 0.3) is 5.91 Å². The van der Waals surface area contributed by atoms with Gasteiger partial charge in [-0.1, -0.05) is 6.92 Å². The summed E-state index contributed by atoms with van der Waals surface area (Å²) in [4.78, 5) is 57.8. The Hall–Kier alpha value is -2.25. The minimum absolute atomic E-state index is 0.365. The van der Waals surface area contributed by atoms with E-state index in [0.29, 0.717) is 6.42 Å². The molecule has 0 radical (unpaired) electrons. The molecule has 0 aromatic heterocycles. The minimum atomic E-state index is -1.22. The van der Waals surface area contributed by atoms with Crippen LogP contribution in [0, 0.1) is 0 Å². The van der Waals surface area contributed by atoms with Crippen molar-refractivity contribution in [1.82, 2.24) is 4.90 Å². The maximum absolute atomic E-state index is 12.2. The molecule has 8 nitrogen and oxygen atoms in total. The predicted octanol–water partition coefficient (Wildman–Crippen LogP) is 0.829. The molecule has 0 aliphatic rings. The third-order valence-corrected chi connectivity index (χ3v) is 3.28. The van der Waals surface area contributed by atoms with Gasteiger partial charge in [0.05, 0.1) is 12.8 Å². The maximum atomic E-state index is 12.2. The number of carbonyl (C=O) groups excluding carboxylic acids is 3. The van der Waals surface area contributed by atoms with Gasteiger partial charge in [0.15, 0.2) is 0 Å². The second kappa shape index (κ2) is 8.26. The standard InChI is InChI=1S/C14H21NO7/c1-4-14(2,3)15(10(17)6-8-12(20)21)13(22)9(16)5-7-11(18)19/h4-8H2,1-3H3,(H,18,19)(H,20,21). The Kier molecular flexibility index (Phi) is 7.41. The fourth-order valence-electron chi connectivity index (χ4n) is 1.66. The van der Waals surface area contributed by atoms with E-state index in [2.05, 4.69) is 0 Å². The Morgan fingerprint density at radius 1 is 0.864 bits per heavy atom. The van der Waals surface area contributed by atoms with Gasteiger partial charge in [0.1, 0.15) is 0 Å². The Balaban J connectivity index is 5.19. The number of ketones is 1. The molecule has 0 aromatic carbocycles. The first-order chi connectivity index (χ1) is 10.0. The number of imide groups is 1. The van der Waals surface area contributed by atoms with Crippen molar-refractivity contribution in [3.05, 3.63) is 0 Å². The van der Waals surface area contributed by atoms with Crippen LogP contribution >= 0.6 is 0 Å². The molecule has 0 atom stereocenters. The lowest BCUT2D eigenvalue weighted by Gasteiger charge is -2.35. The molecule has 0 fully saturated rings. The van der Waals surface area contributed by atoms with Crippen LogP contribution in [0.15, 0.2) is 0 Å². The second-order valence-corrected chi connectivity index (χ2v) is 5.41. The molecule has 0 saturated carbocycles. The molecule has 0 saturated heterocycles. The minimum Gasteiger partial charge on any atom is -0.481 e. The van der Waals surface area contributed by atoms with Gasteiger partial charge in [-0.2, -0.15) is 0 Å². The third-order valence-electron chi connectivity index (χ3n) is 3.28. The Labute approximate surface area is 128 Å². The summed E-state index contributed by atoms with van der Waals surface area (Å²) in [5, 5.41) is 17.1. The van der Waals surface area contributed by atoms with E-state index in [4.69, 9.17) is 10.2 Å². The van der Waals surface area contributed by atoms with E-state index in [1.807, 2.05) is 0 Å². The molecule has 0 unspecified atom stereocenters. The summed E-state index contributed by atoms with van der Waals surface area (Å²) < 4.78 is 0. The fourth-order valence-corrected chi connectivity index (χ4v) is 1.66. The monoisotopic (exact) mass is 315 g/mol. The second-order valence-electron chi connectivity index (χ2n) is 5.41. The lowest BCUT2D eigenvalue weighted by atomic mass is 9.97. The number of carbonyl (C=O) groups is 5. The molecule has 22 heavy (non-hydrogen) atoms. The summed E-state index contributed by atoms with van der Waals surface area (Å²) in [6.45, 7) is 4.87. The van der Waals surface area contributed by atoms with Crippen LogP contribution in [-0.2, 0) is 24.0 Å². The Bertz CT molecular complexity index is 482. The SMILES string of the molecule is CCC(C)(C)N(C(=O)CCC(=O)O)C(=O)C(=O)CCC(=O)O. The molecular formula is C14H21NO7. The summed E-state index contributed by atoms with van der Waals surface area (Å²) in [6, 6.07) is 0. The number of hydrogen-bond donors (Lipinski definition) is 2. The first-order valence-corrected chi connectivity index (χ1v) is 6.86. The molecule has 124 valence electrons. The van der Waals surface area contributed by atoms with Gasteiger partial charge in [-0.05, 0) is 20.3 Å². The lowest BCUT2D eigenvalue weighted by Crippen LogP contribution is -2.53. The maximum Gasteiger partial charge on any atom is 0.303 e. The van der Waals surface area contributed by atoms with Crippen LogP contribution in [0.5, 0.6) is 0 Å². The molecule has 0 bridgehead atoms. The van der Waals surface area contributed by atoms with Crippen molar-refractivity contribution in [3.63, 3.8) is 0 Å². The number of hydrogen-bond acceptors (Lipinski definition) is 5. The molecule has 0 aliphatic carbocycles. The highest BCUT2D eigenvalue weighted by Crippen LogP contribution is 2.21. The van der Waals surface area contributed by atoms with E-state index in [-0.39, 0.29) is 0 Å². The van der Waals surface area contributed by atoms with Crippen LogP contribution in [0.25, 0.3) is 0 Å². The summed E-state index contributed by atoms with van der Waals surface area (Å²) in [5.74, 6) is -5.24. The van der Waals surface area contributed by atoms with E-state index >= 15 is 0 Å². The van der Waals surface area contributed by atoms with Gasteiger partial charge in [0.2, 0.25) is 11.7 Å². The quantitative estimate of drug-likeness (QED) is 0.603. The van der Waals surface area contributed by atoms with Crippen LogP contribution in [0.1, 0.15) is 52.9 Å². The van der Waals surface area contributed by atoms with Crippen molar-refractivity contribution in [2.24, 2.45) is 0 Å². The average molecular weight is 315 g/mol. The van der Waals surface area contributed by atoms with Crippen LogP contribution in [0.3, 0.4) is 0 Å². The van der Waals surface area contributed by atoms with Crippen molar-refractivity contribution >= 4 is 29.5 Å². The van der Waals surface area contributed by atoms with E-state index in [0.717, 1.165) is 4.90 Å². The predicted molar refractivity (Wildman–Crippen MR) is 75.0 cm³/mol. The zero-order valence-corrected chi connectivity index (χ0v) is 12.9. The number of rotatable bonds is 9. The van der Waals surface area contributed by atoms with Gasteiger partial charge in [-0.3, -0.25) is 28.9 Å². The molecule has 2 N–H and O–H groups in total. The fraction of sp³-hybridized carbons (Fsp3) is 0.643. The summed E-state index contributed by atoms with van der Waals surface area (Å²) in [5.41, 5.74) is -0.967. The van der Waals surface area contributed by atoms with Gasteiger partial charge < -0.3 is 10.2 Å². The van der Waals surface area contributed by atoms with Crippen molar-refractivity contribution in [3.8, 4) is 0 Å². The number of aliphatic carboxylic acids is 2. The number of carboxylic acid groups (broad SMARTS) is 2. The summed E-state index contributed by atoms with van der Waals surface area (Å²) >= 11 is 0. The van der Waals surface area contributed by atoms with Gasteiger partial charge in [-0.15, -0.1) is 0 Å². The van der Waals surface area contributed by atoms with E-state index in [1.54, 1.807) is 20.8 Å². The Morgan fingerprint density at radius 2 is 1.32 bits per heavy atom. The zero-order chi connectivity index (χ0) is 17.5. The van der Waals surface area contributed by atoms with Crippen molar-refractivity contribution in [1.29, 1.82) is 0 Å². The molecule has 2 amide bonds. The summed E-state index contributed by atoms with van der Waals surface area (Å²) in [7, 11) is 0. The lowest BCUT2D eigenvalue weighted by molar-refractivity contribution is -0.158. The molecule has 0 rings (SSSR count). The molecule has 0 spiro atoms. The normalized spacial score (nSPS) is 10.9. The van der Waals surface area contributed by atoms with Crippen LogP contribution in [-0.4, -0.2) is 50.2 Å². The molecule has 0 heterocycles. The number of amides is 2. The molecular weight excluding hydrogens is 294 g/mol. The van der Waals surface area contributed by atoms with E-state index < -0.39 is 60.8 Å². The van der Waals surface area contributed by atoms with Gasteiger partial charge in [0, 0.05) is 18.4 Å². The first-order valence-electron chi connectivity index (χ1n) is 6.86. The van der Waals surface area contributed by atoms with Gasteiger partial charge in [-0.25, -0.2) is 0 Å². The molecule has 8 heteroatoms. The molecule has 0 aromatic rings. The van der Waals surface area contributed by atoms with Crippen molar-refractivity contribution < 1.29 is 34.2 Å². The van der Waals surface area contributed by atoms with Crippen molar-refractivity contribution in [2.45, 2.75) is 58.4 Å². The Morgan fingerprint density at radius 3 is 1.73 bits per heavy atom. The highest BCUT2D eigenvalue weighted by Gasteiger charge is 2.37. The highest BCUT2D eigenvalue weighted by atomic mass is 16.4. The van der Waals surface area contributed by atoms with E-state index in [9.17, 15) is 24.0 Å². The van der Waals surface area contributed by atoms with Gasteiger partial charge >= 0.3 is 11.9 Å². The zero-order valence-electron chi connectivity index (χ0n) is 12.9. The van der Waals surface area contributed by atoms with E-state index in [1.165, 1.54) is 0 Å².